The predicted octanol–water partition coefficient (Wildman–Crippen LogP) is 4.99. The first-order valence-electron chi connectivity index (χ1n) is 16.5. The first-order chi connectivity index (χ1) is 21.4. The highest BCUT2D eigenvalue weighted by atomic mass is 16.6. The molecule has 1 saturated heterocycles. The van der Waals surface area contributed by atoms with E-state index < -0.39 is 47.5 Å². The number of carboxylic acid groups (broad SMARTS) is 1. The van der Waals surface area contributed by atoms with Gasteiger partial charge in [-0.25, -0.2) is 19.6 Å². The Morgan fingerprint density at radius 1 is 1.04 bits per heavy atom. The summed E-state index contributed by atoms with van der Waals surface area (Å²) < 4.78 is 18.0. The molecule has 0 spiro atoms. The number of rotatable bonds is 2. The molecule has 6 rings (SSSR count). The van der Waals surface area contributed by atoms with Crippen molar-refractivity contribution in [3.8, 4) is 11.6 Å². The van der Waals surface area contributed by atoms with E-state index in [2.05, 4.69) is 5.32 Å². The monoisotopic (exact) mass is 622 g/mol. The summed E-state index contributed by atoms with van der Waals surface area (Å²) in [5.74, 6) is 0.0765. The summed E-state index contributed by atoms with van der Waals surface area (Å²) in [7, 11) is 1.59. The standard InChI is InChI=1S/C34H46N4O7/c1-18-26-17-38(27(18)32(40)41)31(39)29(34(2,3)4)37-33(42)45-28-20-12-11-19(15-20)22(28)9-7-6-8-10-24-30(44-26)36-25-16-21(43-5)13-14-23(25)35-24/h13-14,16,18-20,22,26-29H,6-12,15,17H2,1-5H3,(H,37,42)(H,40,41). The average molecular weight is 623 g/mol. The van der Waals surface area contributed by atoms with Gasteiger partial charge in [0.25, 0.3) is 0 Å². The van der Waals surface area contributed by atoms with E-state index in [-0.39, 0.29) is 12.6 Å². The van der Waals surface area contributed by atoms with Gasteiger partial charge in [0.05, 0.1) is 24.7 Å². The molecule has 8 unspecified atom stereocenters. The molecule has 8 atom stereocenters. The van der Waals surface area contributed by atoms with Crippen LogP contribution in [-0.2, 0) is 20.7 Å². The Morgan fingerprint density at radius 3 is 2.56 bits per heavy atom. The lowest BCUT2D eigenvalue weighted by molar-refractivity contribution is -0.151. The van der Waals surface area contributed by atoms with E-state index in [9.17, 15) is 19.5 Å². The summed E-state index contributed by atoms with van der Waals surface area (Å²) in [6.07, 6.45) is 6.42. The molecule has 4 bridgehead atoms. The number of carboxylic acids is 1. The molecule has 2 N–H and O–H groups in total. The van der Waals surface area contributed by atoms with Gasteiger partial charge in [-0.3, -0.25) is 4.79 Å². The van der Waals surface area contributed by atoms with Gasteiger partial charge < -0.3 is 29.5 Å². The fourth-order valence-corrected chi connectivity index (χ4v) is 8.15. The van der Waals surface area contributed by atoms with Crippen molar-refractivity contribution in [3.63, 3.8) is 0 Å². The first kappa shape index (κ1) is 31.4. The lowest BCUT2D eigenvalue weighted by Gasteiger charge is -2.36. The van der Waals surface area contributed by atoms with Crippen molar-refractivity contribution in [1.82, 2.24) is 20.2 Å². The second-order valence-corrected chi connectivity index (χ2v) is 14.5. The van der Waals surface area contributed by atoms with Crippen LogP contribution in [0.1, 0.15) is 78.3 Å². The number of amides is 2. The number of nitrogens with zero attached hydrogens (tertiary/aromatic N) is 3. The van der Waals surface area contributed by atoms with Crippen molar-refractivity contribution >= 4 is 29.0 Å². The Morgan fingerprint density at radius 2 is 1.82 bits per heavy atom. The van der Waals surface area contributed by atoms with Gasteiger partial charge in [-0.2, -0.15) is 0 Å². The highest BCUT2D eigenvalue weighted by Crippen LogP contribution is 2.51. The quantitative estimate of drug-likeness (QED) is 0.474. The van der Waals surface area contributed by atoms with Gasteiger partial charge in [0.2, 0.25) is 11.8 Å². The van der Waals surface area contributed by atoms with Crippen LogP contribution in [0.25, 0.3) is 11.0 Å². The molecule has 1 aromatic carbocycles. The number of ether oxygens (including phenoxy) is 3. The zero-order valence-corrected chi connectivity index (χ0v) is 27.0. The number of aromatic nitrogens is 2. The molecular formula is C34H46N4O7. The Balaban J connectivity index is 1.37. The fraction of sp³-hybridized carbons (Fsp3) is 0.676. The van der Waals surface area contributed by atoms with Crippen molar-refractivity contribution in [1.29, 1.82) is 0 Å². The van der Waals surface area contributed by atoms with E-state index in [1.807, 2.05) is 32.9 Å². The van der Waals surface area contributed by atoms with Gasteiger partial charge in [-0.05, 0) is 73.8 Å². The highest BCUT2D eigenvalue weighted by Gasteiger charge is 2.52. The van der Waals surface area contributed by atoms with Crippen LogP contribution in [0.3, 0.4) is 0 Å². The van der Waals surface area contributed by atoms with Crippen molar-refractivity contribution in [2.45, 2.75) is 103 Å². The van der Waals surface area contributed by atoms with Crippen molar-refractivity contribution < 1.29 is 33.7 Å². The predicted molar refractivity (Wildman–Crippen MR) is 166 cm³/mol. The minimum absolute atomic E-state index is 0.0337. The second kappa shape index (κ2) is 12.3. The SMILES string of the molecule is COc1ccc2nc3c(nc2c1)OC1CN(C(=O)C(C(C)(C)C)NC(=O)OC2C4CCC(C4)C2CCCCC3)C(C(=O)O)C1C. The molecule has 11 nitrogen and oxygen atoms in total. The maximum Gasteiger partial charge on any atom is 0.408 e. The lowest BCUT2D eigenvalue weighted by Crippen LogP contribution is -2.57. The van der Waals surface area contributed by atoms with Crippen LogP contribution in [0.4, 0.5) is 4.79 Å². The molecular weight excluding hydrogens is 576 g/mol. The minimum Gasteiger partial charge on any atom is -0.497 e. The number of aliphatic carboxylic acids is 1. The molecule has 2 saturated carbocycles. The van der Waals surface area contributed by atoms with Gasteiger partial charge in [-0.15, -0.1) is 0 Å². The number of carbonyl (C=O) groups is 3. The minimum atomic E-state index is -1.14. The smallest absolute Gasteiger partial charge is 0.408 e. The van der Waals surface area contributed by atoms with Gasteiger partial charge in [0.1, 0.15) is 35.7 Å². The molecule has 11 heteroatoms. The Hall–Kier alpha value is -3.63. The number of aryl methyl sites for hydroxylation is 1. The van der Waals surface area contributed by atoms with E-state index in [1.54, 1.807) is 20.1 Å². The molecule has 2 aromatic rings. The van der Waals surface area contributed by atoms with Gasteiger partial charge in [0.15, 0.2) is 0 Å². The fourth-order valence-electron chi connectivity index (χ4n) is 8.15. The third-order valence-corrected chi connectivity index (χ3v) is 10.6. The molecule has 2 aliphatic carbocycles. The van der Waals surface area contributed by atoms with Crippen LogP contribution in [-0.4, -0.2) is 75.9 Å². The van der Waals surface area contributed by atoms with Gasteiger partial charge in [0, 0.05) is 12.0 Å². The van der Waals surface area contributed by atoms with Crippen molar-refractivity contribution in [2.24, 2.45) is 29.1 Å². The van der Waals surface area contributed by atoms with Crippen LogP contribution >= 0.6 is 0 Å². The molecule has 45 heavy (non-hydrogen) atoms. The molecule has 0 radical (unpaired) electrons. The second-order valence-electron chi connectivity index (χ2n) is 14.5. The third kappa shape index (κ3) is 6.14. The summed E-state index contributed by atoms with van der Waals surface area (Å²) in [6.45, 7) is 7.38. The third-order valence-electron chi connectivity index (χ3n) is 10.6. The normalized spacial score (nSPS) is 32.5. The summed E-state index contributed by atoms with van der Waals surface area (Å²) in [5.41, 5.74) is 1.36. The summed E-state index contributed by atoms with van der Waals surface area (Å²) >= 11 is 0. The van der Waals surface area contributed by atoms with Crippen LogP contribution < -0.4 is 14.8 Å². The largest absolute Gasteiger partial charge is 0.497 e. The number of alkyl carbamates (subject to hydrolysis) is 1. The van der Waals surface area contributed by atoms with E-state index in [0.29, 0.717) is 41.3 Å². The molecule has 2 aliphatic heterocycles. The van der Waals surface area contributed by atoms with E-state index in [4.69, 9.17) is 24.2 Å². The van der Waals surface area contributed by atoms with Gasteiger partial charge >= 0.3 is 12.1 Å². The number of benzene rings is 1. The highest BCUT2D eigenvalue weighted by molar-refractivity contribution is 5.90. The summed E-state index contributed by atoms with van der Waals surface area (Å²) in [4.78, 5) is 51.3. The maximum absolute atomic E-state index is 14.2. The van der Waals surface area contributed by atoms with Crippen LogP contribution in [0.5, 0.6) is 11.6 Å². The lowest BCUT2D eigenvalue weighted by atomic mass is 9.82. The molecule has 1 aromatic heterocycles. The molecule has 3 heterocycles. The molecule has 244 valence electrons. The van der Waals surface area contributed by atoms with E-state index in [1.165, 1.54) is 11.3 Å². The topological polar surface area (TPSA) is 140 Å². The van der Waals surface area contributed by atoms with Crippen molar-refractivity contribution in [2.75, 3.05) is 13.7 Å². The zero-order valence-electron chi connectivity index (χ0n) is 27.0. The Kier molecular flexibility index (Phi) is 8.56. The summed E-state index contributed by atoms with van der Waals surface area (Å²) in [5, 5.41) is 13.2. The van der Waals surface area contributed by atoms with Crippen LogP contribution in [0, 0.1) is 29.1 Å². The average Bonchev–Trinajstić information content (AvgIpc) is 3.68. The molecule has 3 fully saturated rings. The van der Waals surface area contributed by atoms with Crippen molar-refractivity contribution in [3.05, 3.63) is 23.9 Å². The zero-order chi connectivity index (χ0) is 32.0. The Bertz CT molecular complexity index is 1460. The number of methoxy groups -OCH3 is 1. The first-order valence-corrected chi connectivity index (χ1v) is 16.5. The van der Waals surface area contributed by atoms with Crippen LogP contribution in [0.15, 0.2) is 18.2 Å². The Labute approximate surface area is 264 Å². The maximum atomic E-state index is 14.2. The number of hydrogen-bond donors (Lipinski definition) is 2. The number of carbonyl (C=O) groups excluding carboxylic acids is 2. The summed E-state index contributed by atoms with van der Waals surface area (Å²) in [6, 6.07) is 3.40. The molecule has 4 aliphatic rings. The number of fused-ring (bicyclic) bond motifs is 9. The van der Waals surface area contributed by atoms with E-state index >= 15 is 0 Å². The number of hydrogen-bond acceptors (Lipinski definition) is 8. The van der Waals surface area contributed by atoms with Gasteiger partial charge in [-0.1, -0.05) is 40.5 Å². The number of nitrogens with one attached hydrogen (secondary N) is 1. The van der Waals surface area contributed by atoms with E-state index in [0.717, 1.165) is 49.7 Å². The van der Waals surface area contributed by atoms with Crippen LogP contribution in [0.2, 0.25) is 0 Å². The molecule has 2 amide bonds.